The van der Waals surface area contributed by atoms with E-state index in [9.17, 15) is 9.18 Å². The first kappa shape index (κ1) is 15.6. The summed E-state index contributed by atoms with van der Waals surface area (Å²) < 4.78 is 23.7. The fourth-order valence-corrected chi connectivity index (χ4v) is 2.30. The second kappa shape index (κ2) is 6.33. The van der Waals surface area contributed by atoms with Gasteiger partial charge in [-0.15, -0.1) is 0 Å². The molecule has 0 fully saturated rings. The normalized spacial score (nSPS) is 10.3. The zero-order chi connectivity index (χ0) is 15.6. The first-order chi connectivity index (χ1) is 9.99. The van der Waals surface area contributed by atoms with Gasteiger partial charge in [0.15, 0.2) is 11.5 Å². The molecule has 0 heterocycles. The number of hydrogen-bond acceptors (Lipinski definition) is 3. The molecule has 0 aliphatic carbocycles. The molecule has 0 radical (unpaired) electrons. The van der Waals surface area contributed by atoms with Crippen LogP contribution in [0.5, 0.6) is 11.5 Å². The Morgan fingerprint density at radius 3 is 2.38 bits per heavy atom. The van der Waals surface area contributed by atoms with Crippen molar-refractivity contribution in [2.45, 2.75) is 0 Å². The Labute approximate surface area is 131 Å². The number of carbonyl (C=O) groups excluding carboxylic acids is 1. The Morgan fingerprint density at radius 2 is 1.81 bits per heavy atom. The van der Waals surface area contributed by atoms with Crippen LogP contribution in [0.15, 0.2) is 30.3 Å². The Kier molecular flexibility index (Phi) is 4.70. The highest BCUT2D eigenvalue weighted by atomic mass is 35.5. The average Bonchev–Trinajstić information content (AvgIpc) is 2.49. The number of halogens is 3. The van der Waals surface area contributed by atoms with E-state index < -0.39 is 11.6 Å². The van der Waals surface area contributed by atoms with Crippen LogP contribution in [0.1, 0.15) is 15.9 Å². The summed E-state index contributed by atoms with van der Waals surface area (Å²) in [7, 11) is 2.84. The van der Waals surface area contributed by atoms with Gasteiger partial charge in [-0.2, -0.15) is 0 Å². The topological polar surface area (TPSA) is 35.5 Å². The van der Waals surface area contributed by atoms with Gasteiger partial charge in [0.1, 0.15) is 16.6 Å². The van der Waals surface area contributed by atoms with Gasteiger partial charge in [-0.3, -0.25) is 4.79 Å². The molecule has 0 aromatic heterocycles. The lowest BCUT2D eigenvalue weighted by molar-refractivity contribution is 0.103. The van der Waals surface area contributed by atoms with Gasteiger partial charge in [0.05, 0.1) is 24.8 Å². The molecule has 0 saturated heterocycles. The third-order valence-corrected chi connectivity index (χ3v) is 3.58. The van der Waals surface area contributed by atoms with Gasteiger partial charge >= 0.3 is 0 Å². The Hall–Kier alpha value is -1.78. The minimum Gasteiger partial charge on any atom is -0.495 e. The predicted octanol–water partition coefficient (Wildman–Crippen LogP) is 4.38. The molecular weight excluding hydrogens is 318 g/mol. The first-order valence-electron chi connectivity index (χ1n) is 5.89. The highest BCUT2D eigenvalue weighted by molar-refractivity contribution is 6.34. The van der Waals surface area contributed by atoms with Crippen molar-refractivity contribution < 1.29 is 18.7 Å². The van der Waals surface area contributed by atoms with Crippen molar-refractivity contribution >= 4 is 29.0 Å². The van der Waals surface area contributed by atoms with Gasteiger partial charge in [0.2, 0.25) is 0 Å². The van der Waals surface area contributed by atoms with Crippen LogP contribution in [0, 0.1) is 5.82 Å². The van der Waals surface area contributed by atoms with Crippen LogP contribution in [0.25, 0.3) is 0 Å². The molecule has 0 saturated carbocycles. The molecule has 2 aromatic carbocycles. The number of hydrogen-bond donors (Lipinski definition) is 0. The average molecular weight is 329 g/mol. The molecular formula is C15H11Cl2FO3. The zero-order valence-electron chi connectivity index (χ0n) is 11.2. The van der Waals surface area contributed by atoms with Gasteiger partial charge in [0, 0.05) is 5.56 Å². The highest BCUT2D eigenvalue weighted by Gasteiger charge is 2.20. The quantitative estimate of drug-likeness (QED) is 0.781. The fraction of sp³-hybridized carbons (Fsp3) is 0.133. The summed E-state index contributed by atoms with van der Waals surface area (Å²) in [5.41, 5.74) is 0.362. The van der Waals surface area contributed by atoms with E-state index in [0.29, 0.717) is 5.75 Å². The van der Waals surface area contributed by atoms with E-state index in [2.05, 4.69) is 0 Å². The van der Waals surface area contributed by atoms with Crippen molar-refractivity contribution in [1.29, 1.82) is 0 Å². The Morgan fingerprint density at radius 1 is 1.10 bits per heavy atom. The summed E-state index contributed by atoms with van der Waals surface area (Å²) in [4.78, 5) is 12.5. The lowest BCUT2D eigenvalue weighted by Gasteiger charge is -2.12. The maximum Gasteiger partial charge on any atom is 0.196 e. The fourth-order valence-electron chi connectivity index (χ4n) is 1.87. The van der Waals surface area contributed by atoms with Crippen LogP contribution in [0.3, 0.4) is 0 Å². The lowest BCUT2D eigenvalue weighted by Crippen LogP contribution is -2.05. The van der Waals surface area contributed by atoms with Gasteiger partial charge in [-0.05, 0) is 30.3 Å². The summed E-state index contributed by atoms with van der Waals surface area (Å²) in [6, 6.07) is 6.89. The van der Waals surface area contributed by atoms with E-state index in [1.54, 1.807) is 6.07 Å². The number of rotatable bonds is 4. The summed E-state index contributed by atoms with van der Waals surface area (Å²) in [6.07, 6.45) is 0. The van der Waals surface area contributed by atoms with Crippen molar-refractivity contribution in [3.05, 3.63) is 57.3 Å². The minimum atomic E-state index is -0.666. The molecule has 0 bridgehead atoms. The van der Waals surface area contributed by atoms with Gasteiger partial charge in [0.25, 0.3) is 0 Å². The Balaban J connectivity index is 2.52. The molecule has 110 valence electrons. The first-order valence-corrected chi connectivity index (χ1v) is 6.65. The standard InChI is InChI=1S/C15H11Cl2FO3/c1-20-12-6-4-9(15(21-2)13(12)17)14(19)8-3-5-10(16)11(18)7-8/h3-7H,1-2H3. The van der Waals surface area contributed by atoms with Crippen molar-refractivity contribution in [1.82, 2.24) is 0 Å². The molecule has 0 spiro atoms. The number of ether oxygens (including phenoxy) is 2. The van der Waals surface area contributed by atoms with Crippen molar-refractivity contribution in [3.8, 4) is 11.5 Å². The number of benzene rings is 2. The SMILES string of the molecule is COc1ccc(C(=O)c2ccc(Cl)c(F)c2)c(OC)c1Cl. The molecule has 0 N–H and O–H groups in total. The summed E-state index contributed by atoms with van der Waals surface area (Å²) in [5, 5.41) is 0.131. The molecule has 2 aromatic rings. The summed E-state index contributed by atoms with van der Waals surface area (Å²) in [6.45, 7) is 0. The van der Waals surface area contributed by atoms with Gasteiger partial charge in [-0.25, -0.2) is 4.39 Å². The third kappa shape index (κ3) is 2.96. The zero-order valence-corrected chi connectivity index (χ0v) is 12.8. The van der Waals surface area contributed by atoms with E-state index >= 15 is 0 Å². The predicted molar refractivity (Wildman–Crippen MR) is 79.4 cm³/mol. The molecule has 0 atom stereocenters. The van der Waals surface area contributed by atoms with Crippen LogP contribution in [0.2, 0.25) is 10.0 Å². The number of methoxy groups -OCH3 is 2. The van der Waals surface area contributed by atoms with E-state index in [0.717, 1.165) is 6.07 Å². The monoisotopic (exact) mass is 328 g/mol. The van der Waals surface area contributed by atoms with Crippen LogP contribution in [0.4, 0.5) is 4.39 Å². The molecule has 6 heteroatoms. The van der Waals surface area contributed by atoms with E-state index in [4.69, 9.17) is 32.7 Å². The van der Waals surface area contributed by atoms with Crippen LogP contribution in [-0.2, 0) is 0 Å². The van der Waals surface area contributed by atoms with E-state index in [1.807, 2.05) is 0 Å². The lowest BCUT2D eigenvalue weighted by atomic mass is 10.0. The van der Waals surface area contributed by atoms with Crippen LogP contribution < -0.4 is 9.47 Å². The number of ketones is 1. The van der Waals surface area contributed by atoms with Crippen LogP contribution >= 0.6 is 23.2 Å². The molecule has 0 aliphatic heterocycles. The van der Waals surface area contributed by atoms with Gasteiger partial charge in [-0.1, -0.05) is 23.2 Å². The maximum atomic E-state index is 13.5. The van der Waals surface area contributed by atoms with E-state index in [1.165, 1.54) is 32.4 Å². The van der Waals surface area contributed by atoms with Crippen molar-refractivity contribution in [3.63, 3.8) is 0 Å². The molecule has 0 unspecified atom stereocenters. The van der Waals surface area contributed by atoms with Crippen molar-refractivity contribution in [2.24, 2.45) is 0 Å². The molecule has 21 heavy (non-hydrogen) atoms. The summed E-state index contributed by atoms with van der Waals surface area (Å²) >= 11 is 11.7. The number of carbonyl (C=O) groups is 1. The van der Waals surface area contributed by atoms with Gasteiger partial charge < -0.3 is 9.47 Å². The highest BCUT2D eigenvalue weighted by Crippen LogP contribution is 2.37. The molecule has 3 nitrogen and oxygen atoms in total. The third-order valence-electron chi connectivity index (χ3n) is 2.91. The van der Waals surface area contributed by atoms with Crippen molar-refractivity contribution in [2.75, 3.05) is 14.2 Å². The second-order valence-electron chi connectivity index (χ2n) is 4.12. The Bertz CT molecular complexity index is 702. The molecule has 2 rings (SSSR count). The molecule has 0 amide bonds. The van der Waals surface area contributed by atoms with Crippen LogP contribution in [-0.4, -0.2) is 20.0 Å². The van der Waals surface area contributed by atoms with E-state index in [-0.39, 0.29) is 26.9 Å². The largest absolute Gasteiger partial charge is 0.495 e. The summed E-state index contributed by atoms with van der Waals surface area (Å²) in [5.74, 6) is -0.531. The second-order valence-corrected chi connectivity index (χ2v) is 4.91. The maximum absolute atomic E-state index is 13.5. The molecule has 0 aliphatic rings. The smallest absolute Gasteiger partial charge is 0.196 e. The minimum absolute atomic E-state index is 0.0497.